The predicted molar refractivity (Wildman–Crippen MR) is 593 cm³/mol. The summed E-state index contributed by atoms with van der Waals surface area (Å²) in [6.07, 6.45) is 2.27. The normalized spacial score (nSPS) is 15.9. The summed E-state index contributed by atoms with van der Waals surface area (Å²) >= 11 is 5.58. The van der Waals surface area contributed by atoms with E-state index in [2.05, 4.69) is 60.1 Å². The van der Waals surface area contributed by atoms with Gasteiger partial charge in [-0.15, -0.1) is 29.1 Å². The first-order valence-corrected chi connectivity index (χ1v) is 77.1. The number of rotatable bonds is 37. The lowest BCUT2D eigenvalue weighted by Crippen LogP contribution is -2.67. The maximum absolute atomic E-state index is 14.6. The SMILES string of the molecule is C.C.C.C.C.C.C.C.C.C.C=CP1(=O)O[Si](c2ccccc2)(c2ccccc2)OP(=O)(C=C)O[Si](c2ccccc2)(c2ccccc2)O1.C=Cc1ccc(P(=O)(OC)O[Si](C)(C)OCCCC)cc1.COC(=O)O[Si](C)(C)OC(=O)O[Si](C)(C)c1ccccc1.COP(=O)(CCCl)O[Si](C)(C)O[Si](C)(C)C.CO[P+](=O)O[Si](C)(C)O[P+](=O)OC.C[Si](C)(O)OP(=O)(O[Si](C)(C)O)c1ccccc1. The lowest BCUT2D eigenvalue weighted by atomic mass is 10.2. The molecule has 0 aromatic heterocycles. The van der Waals surface area contributed by atoms with Crippen molar-refractivity contribution in [3.05, 3.63) is 243 Å². The summed E-state index contributed by atoms with van der Waals surface area (Å²) in [6.45, 7) is 43.9. The Bertz CT molecular complexity index is 4610. The van der Waals surface area contributed by atoms with Gasteiger partial charge in [-0.05, 0) is 160 Å². The molecule has 1 heterocycles. The number of hydrogen-bond donors (Lipinski definition) is 2. The minimum Gasteiger partial charge on any atom is -0.486 e. The summed E-state index contributed by atoms with van der Waals surface area (Å²) in [5, 5.41) is 4.17. The maximum atomic E-state index is 14.6. The van der Waals surface area contributed by atoms with E-state index in [0.29, 0.717) is 38.0 Å². The Kier molecular flexibility index (Phi) is 71.6. The Morgan fingerprint density at radius 2 is 0.774 bits per heavy atom. The van der Waals surface area contributed by atoms with Crippen molar-refractivity contribution < 1.29 is 138 Å². The van der Waals surface area contributed by atoms with Gasteiger partial charge in [-0.2, -0.15) is 0 Å². The van der Waals surface area contributed by atoms with Crippen LogP contribution in [0.25, 0.3) is 6.08 Å². The van der Waals surface area contributed by atoms with Crippen molar-refractivity contribution in [3.63, 3.8) is 0 Å². The van der Waals surface area contributed by atoms with Crippen molar-refractivity contribution in [3.8, 4) is 0 Å². The van der Waals surface area contributed by atoms with Crippen molar-refractivity contribution in [2.24, 2.45) is 0 Å². The third-order valence-electron chi connectivity index (χ3n) is 15.9. The summed E-state index contributed by atoms with van der Waals surface area (Å²) in [6, 6.07) is 61.2. The summed E-state index contributed by atoms with van der Waals surface area (Å²) in [5.41, 5.74) is 0.956. The third-order valence-corrected chi connectivity index (χ3v) is 58.9. The standard InChI is InChI=1S/C28H26O6P2Si2.C15H25O4PSi.C13H20O6Si2.C10H19O5PSi2.C8H22ClO4PSi2.C4H12O6P2Si.10CH4/c1-3-35(29)31-37(25-17-9-5-10-18-25,26-19-11-6-12-20-26)33-36(30,4-2)34-38(32-35,27-21-13-7-14-22-27)28-23-15-8-16-24-28;1-6-8-13-18-21(4,5)19-20(16,17-3)15-11-9-14(7-2)10-12-15;1-16-12(14)18-21(4,5)19-13(15)17-20(2,3)11-9-7-6-8-10-11;1-17(2,12)14-16(11,15-18(3,4)13)10-8-6-5-7-9-10;1-11-14(10,8-7-9)12-16(5,6)13-15(2,3)4;1-7-11(5)9-13(3,4)10-12(6)8-2;;;;;;;;;;/h3-24H,1-2H2;7,9-12H,2,6,8,13H2,1,3-5H3;6-10H,1-5H3;5-9,12-13H,1-4H3;7-8H2,1-6H3;1-4H3;10*1H4/q;;;;;+2;;;;;;;;;;. The molecule has 8 rings (SSSR count). The number of methoxy groups -OCH3 is 1. The zero-order valence-corrected chi connectivity index (χ0v) is 93.3. The van der Waals surface area contributed by atoms with Crippen LogP contribution in [0.4, 0.5) is 9.59 Å². The first kappa shape index (κ1) is 148. The molecule has 0 amide bonds. The molecule has 2 N–H and O–H groups in total. The fourth-order valence-electron chi connectivity index (χ4n) is 10.8. The van der Waals surface area contributed by atoms with Crippen LogP contribution in [0.1, 0.15) is 99.6 Å². The molecule has 0 radical (unpaired) electrons. The third kappa shape index (κ3) is 52.7. The lowest BCUT2D eigenvalue weighted by molar-refractivity contribution is 0.0969. The van der Waals surface area contributed by atoms with Crippen LogP contribution in [0, 0.1) is 0 Å². The number of carbonyl (C=O) groups is 2. The van der Waals surface area contributed by atoms with Crippen molar-refractivity contribution in [2.75, 3.05) is 54.2 Å². The highest BCUT2D eigenvalue weighted by atomic mass is 35.5. The van der Waals surface area contributed by atoms with Gasteiger partial charge in [0.1, 0.15) is 0 Å². The van der Waals surface area contributed by atoms with E-state index in [1.807, 2.05) is 155 Å². The first-order chi connectivity index (χ1) is 58.9. The van der Waals surface area contributed by atoms with E-state index >= 15 is 0 Å². The highest BCUT2D eigenvalue weighted by Crippen LogP contribution is 2.64. The number of alkyl halides is 1. The average Bonchev–Trinajstić information content (AvgIpc) is 0.719. The Hall–Kier alpha value is -4.61. The number of carbonyl (C=O) groups excluding carboxylic acids is 2. The summed E-state index contributed by atoms with van der Waals surface area (Å²) in [7, 11) is -45.2. The largest absolute Gasteiger partial charge is 0.688 e. The number of benzene rings is 7. The molecule has 1 aliphatic rings. The van der Waals surface area contributed by atoms with Gasteiger partial charge >= 0.3 is 135 Å². The van der Waals surface area contributed by atoms with Gasteiger partial charge in [-0.25, -0.2) is 9.59 Å². The van der Waals surface area contributed by atoms with Gasteiger partial charge < -0.3 is 78.9 Å². The Labute approximate surface area is 840 Å². The van der Waals surface area contributed by atoms with Gasteiger partial charge in [-0.3, -0.25) is 22.8 Å². The molecule has 4 atom stereocenters. The second kappa shape index (κ2) is 66.4. The zero-order valence-electron chi connectivity index (χ0n) is 76.3. The van der Waals surface area contributed by atoms with E-state index < -0.39 is 152 Å². The smallest absolute Gasteiger partial charge is 0.486 e. The lowest BCUT2D eigenvalue weighted by Gasteiger charge is -2.43. The fraction of sp³-hybridized carbons (Fsp3) is 0.432. The van der Waals surface area contributed by atoms with E-state index in [9.17, 15) is 51.1 Å². The number of hydrogen-bond acceptors (Lipinski definition) is 31. The van der Waals surface area contributed by atoms with Gasteiger partial charge in [0.2, 0.25) is 0 Å². The summed E-state index contributed by atoms with van der Waals surface area (Å²) < 4.78 is 197. The summed E-state index contributed by atoms with van der Waals surface area (Å²) in [4.78, 5) is 42.6. The molecule has 0 bridgehead atoms. The van der Waals surface area contributed by atoms with Gasteiger partial charge in [-0.1, -0.05) is 295 Å². The van der Waals surface area contributed by atoms with Gasteiger partial charge in [0, 0.05) is 60.6 Å². The molecule has 1 saturated heterocycles. The van der Waals surface area contributed by atoms with Crippen LogP contribution in [-0.4, -0.2) is 161 Å². The highest BCUT2D eigenvalue weighted by molar-refractivity contribution is 7.66. The molecule has 0 spiro atoms. The van der Waals surface area contributed by atoms with Crippen molar-refractivity contribution >= 4 is 206 Å². The minimum absolute atomic E-state index is 0. The molecule has 7 aromatic rings. The molecule has 31 nitrogen and oxygen atoms in total. The Balaban J connectivity index is -0.000000249. The monoisotopic (exact) mass is 2250 g/mol. The maximum Gasteiger partial charge on any atom is 0.688 e. The van der Waals surface area contributed by atoms with E-state index in [1.165, 1.54) is 73.4 Å². The van der Waals surface area contributed by atoms with Crippen LogP contribution < -0.4 is 36.5 Å². The molecule has 0 saturated carbocycles. The molecule has 1 fully saturated rings. The van der Waals surface area contributed by atoms with E-state index in [-0.39, 0.29) is 86.3 Å². The Morgan fingerprint density at radius 1 is 0.438 bits per heavy atom. The molecular weight excluding hydrogens is 2090 g/mol. The van der Waals surface area contributed by atoms with E-state index in [0.717, 1.165) is 23.6 Å². The molecule has 49 heteroatoms. The summed E-state index contributed by atoms with van der Waals surface area (Å²) in [5.74, 6) is 2.60. The van der Waals surface area contributed by atoms with Crippen molar-refractivity contribution in [1.82, 2.24) is 0 Å². The van der Waals surface area contributed by atoms with Crippen molar-refractivity contribution in [2.45, 2.75) is 205 Å². The molecule has 782 valence electrons. The second-order valence-electron chi connectivity index (χ2n) is 31.2. The second-order valence-corrected chi connectivity index (χ2v) is 80.1. The minimum atomic E-state index is -4.16. The zero-order chi connectivity index (χ0) is 96.3. The van der Waals surface area contributed by atoms with Gasteiger partial charge in [0.25, 0.3) is 8.32 Å². The quantitative estimate of drug-likeness (QED) is 0.0120. The van der Waals surface area contributed by atoms with Crippen LogP contribution >= 0.6 is 66.1 Å². The first-order valence-electron chi connectivity index (χ1n) is 39.4. The number of halogens is 1. The van der Waals surface area contributed by atoms with Crippen LogP contribution in [0.5, 0.6) is 0 Å². The molecular formula is C88H164ClO31P7Si10+2. The van der Waals surface area contributed by atoms with E-state index in [1.54, 1.807) is 123 Å². The van der Waals surface area contributed by atoms with Crippen LogP contribution in [-0.2, 0) is 119 Å². The molecule has 137 heavy (non-hydrogen) atoms. The molecule has 1 aliphatic heterocycles. The number of unbranched alkanes of at least 4 members (excludes halogenated alkanes) is 1. The predicted octanol–water partition coefficient (Wildman–Crippen LogP) is 26.6. The highest BCUT2D eigenvalue weighted by Gasteiger charge is 2.62. The van der Waals surface area contributed by atoms with E-state index in [4.69, 9.17) is 84.6 Å². The van der Waals surface area contributed by atoms with Crippen LogP contribution in [0.2, 0.25) is 111 Å². The van der Waals surface area contributed by atoms with Gasteiger partial charge in [0.15, 0.2) is 8.32 Å². The molecule has 7 aromatic carbocycles. The topological polar surface area (TPSA) is 379 Å². The Morgan fingerprint density at radius 3 is 1.07 bits per heavy atom. The van der Waals surface area contributed by atoms with Crippen LogP contribution in [0.3, 0.4) is 0 Å². The molecule has 0 aliphatic carbocycles. The average molecular weight is 2250 g/mol. The van der Waals surface area contributed by atoms with Crippen LogP contribution in [0.15, 0.2) is 238 Å². The molecule has 4 unspecified atom stereocenters. The number of ether oxygens (including phenoxy) is 1. The van der Waals surface area contributed by atoms with Gasteiger partial charge in [0.05, 0.1) is 38.1 Å². The fourth-order valence-corrected chi connectivity index (χ4v) is 54.6. The van der Waals surface area contributed by atoms with Crippen molar-refractivity contribution in [1.29, 1.82) is 0 Å².